The van der Waals surface area contributed by atoms with Crippen LogP contribution in [0.2, 0.25) is 0 Å². The molecule has 1 saturated heterocycles. The molecule has 5 heteroatoms. The second-order valence-corrected chi connectivity index (χ2v) is 6.60. The number of ether oxygens (including phenoxy) is 2. The number of hydrogen-bond donors (Lipinski definition) is 0. The summed E-state index contributed by atoms with van der Waals surface area (Å²) in [5.74, 6) is 0.524. The van der Waals surface area contributed by atoms with Gasteiger partial charge in [0.05, 0.1) is 19.8 Å². The number of fused-ring (bicyclic) bond motifs is 1. The number of morpholine rings is 1. The highest BCUT2D eigenvalue weighted by Gasteiger charge is 2.30. The van der Waals surface area contributed by atoms with Crippen molar-refractivity contribution in [3.05, 3.63) is 22.9 Å². The lowest BCUT2D eigenvalue weighted by Gasteiger charge is -2.32. The van der Waals surface area contributed by atoms with Gasteiger partial charge < -0.3 is 14.4 Å². The molecule has 0 aliphatic carbocycles. The van der Waals surface area contributed by atoms with E-state index < -0.39 is 0 Å². The smallest absolute Gasteiger partial charge is 0.342 e. The molecule has 0 spiro atoms. The fourth-order valence-electron chi connectivity index (χ4n) is 2.72. The van der Waals surface area contributed by atoms with Crippen LogP contribution < -0.4 is 4.90 Å². The minimum Gasteiger partial charge on any atom is -0.462 e. The van der Waals surface area contributed by atoms with Gasteiger partial charge in [0.15, 0.2) is 0 Å². The molecule has 114 valence electrons. The molecule has 2 aliphatic heterocycles. The number of anilines is 1. The van der Waals surface area contributed by atoms with Gasteiger partial charge in [-0.15, -0.1) is 0 Å². The number of pyridine rings is 1. The molecule has 0 atom stereocenters. The zero-order valence-corrected chi connectivity index (χ0v) is 12.9. The molecule has 5 nitrogen and oxygen atoms in total. The second-order valence-electron chi connectivity index (χ2n) is 6.60. The van der Waals surface area contributed by atoms with Gasteiger partial charge in [-0.25, -0.2) is 9.78 Å². The van der Waals surface area contributed by atoms with Crippen LogP contribution in [0.4, 0.5) is 5.82 Å². The molecular weight excluding hydrogens is 268 g/mol. The first-order valence-electron chi connectivity index (χ1n) is 7.51. The highest BCUT2D eigenvalue weighted by atomic mass is 16.5. The summed E-state index contributed by atoms with van der Waals surface area (Å²) in [6.07, 6.45) is 0.768. The van der Waals surface area contributed by atoms with E-state index in [1.54, 1.807) is 0 Å². The number of esters is 1. The van der Waals surface area contributed by atoms with Crippen molar-refractivity contribution in [1.29, 1.82) is 0 Å². The lowest BCUT2D eigenvalue weighted by molar-refractivity contribution is 0.0479. The van der Waals surface area contributed by atoms with E-state index in [0.29, 0.717) is 25.4 Å². The average molecular weight is 290 g/mol. The molecule has 0 amide bonds. The summed E-state index contributed by atoms with van der Waals surface area (Å²) in [6.45, 7) is 9.77. The molecule has 3 rings (SSSR count). The highest BCUT2D eigenvalue weighted by Crippen LogP contribution is 2.32. The maximum Gasteiger partial charge on any atom is 0.342 e. The van der Waals surface area contributed by atoms with E-state index >= 15 is 0 Å². The summed E-state index contributed by atoms with van der Waals surface area (Å²) in [7, 11) is 0. The minimum absolute atomic E-state index is 0.0442. The number of carbonyl (C=O) groups is 1. The summed E-state index contributed by atoms with van der Waals surface area (Å²) in [6, 6.07) is 2.07. The van der Waals surface area contributed by atoms with Crippen molar-refractivity contribution < 1.29 is 14.3 Å². The third kappa shape index (κ3) is 2.75. The summed E-state index contributed by atoms with van der Waals surface area (Å²) >= 11 is 0. The first kappa shape index (κ1) is 14.3. The van der Waals surface area contributed by atoms with Crippen molar-refractivity contribution >= 4 is 11.8 Å². The summed E-state index contributed by atoms with van der Waals surface area (Å²) in [5.41, 5.74) is 2.69. The van der Waals surface area contributed by atoms with E-state index in [-0.39, 0.29) is 11.4 Å². The molecule has 0 aromatic carbocycles. The van der Waals surface area contributed by atoms with Crippen molar-refractivity contribution in [2.45, 2.75) is 32.6 Å². The number of carbonyl (C=O) groups excluding carboxylic acids is 1. The molecule has 0 bridgehead atoms. The third-order valence-corrected chi connectivity index (χ3v) is 3.97. The molecule has 21 heavy (non-hydrogen) atoms. The monoisotopic (exact) mass is 290 g/mol. The maximum absolute atomic E-state index is 12.2. The Morgan fingerprint density at radius 2 is 1.90 bits per heavy atom. The molecule has 0 N–H and O–H groups in total. The first-order valence-corrected chi connectivity index (χ1v) is 7.51. The van der Waals surface area contributed by atoms with Gasteiger partial charge in [0.25, 0.3) is 0 Å². The fraction of sp³-hybridized carbons (Fsp3) is 0.625. The van der Waals surface area contributed by atoms with E-state index in [2.05, 4.69) is 31.7 Å². The van der Waals surface area contributed by atoms with Gasteiger partial charge in [-0.3, -0.25) is 0 Å². The van der Waals surface area contributed by atoms with Gasteiger partial charge in [0.2, 0.25) is 0 Å². The summed E-state index contributed by atoms with van der Waals surface area (Å²) in [5, 5.41) is 0. The summed E-state index contributed by atoms with van der Waals surface area (Å²) in [4.78, 5) is 19.1. The molecule has 0 saturated carbocycles. The number of cyclic esters (lactones) is 1. The number of hydrogen-bond acceptors (Lipinski definition) is 5. The third-order valence-electron chi connectivity index (χ3n) is 3.97. The van der Waals surface area contributed by atoms with Crippen LogP contribution >= 0.6 is 0 Å². The quantitative estimate of drug-likeness (QED) is 0.740. The Hall–Kier alpha value is -1.62. The minimum atomic E-state index is -0.245. The van der Waals surface area contributed by atoms with E-state index in [1.807, 2.05) is 0 Å². The predicted octanol–water partition coefficient (Wildman–Crippen LogP) is 1.93. The van der Waals surface area contributed by atoms with Crippen molar-refractivity contribution in [2.75, 3.05) is 37.8 Å². The van der Waals surface area contributed by atoms with E-state index in [1.165, 1.54) is 0 Å². The molecule has 1 aromatic heterocycles. The zero-order valence-electron chi connectivity index (χ0n) is 12.9. The van der Waals surface area contributed by atoms with Crippen LogP contribution in [0.15, 0.2) is 6.07 Å². The van der Waals surface area contributed by atoms with Gasteiger partial charge in [-0.2, -0.15) is 0 Å². The molecular formula is C16H22N2O3. The zero-order chi connectivity index (χ0) is 15.0. The molecule has 3 heterocycles. The number of rotatable bonds is 1. The molecule has 0 radical (unpaired) electrons. The number of nitrogens with zero attached hydrogens (tertiary/aromatic N) is 2. The first-order chi connectivity index (χ1) is 9.97. The maximum atomic E-state index is 12.2. The standard InChI is InChI=1S/C16H22N2O3/c1-16(2,3)12-10-11-4-7-21-15(19)13(11)14(17-12)18-5-8-20-9-6-18/h10H,4-9H2,1-3H3. The van der Waals surface area contributed by atoms with Crippen LogP contribution in [-0.4, -0.2) is 43.9 Å². The van der Waals surface area contributed by atoms with Gasteiger partial charge >= 0.3 is 5.97 Å². The van der Waals surface area contributed by atoms with Gasteiger partial charge in [-0.05, 0) is 11.6 Å². The topological polar surface area (TPSA) is 51.7 Å². The van der Waals surface area contributed by atoms with Crippen molar-refractivity contribution in [3.63, 3.8) is 0 Å². The summed E-state index contributed by atoms with van der Waals surface area (Å²) < 4.78 is 10.6. The Bertz CT molecular complexity index is 557. The van der Waals surface area contributed by atoms with Crippen molar-refractivity contribution in [3.8, 4) is 0 Å². The Labute approximate surface area is 125 Å². The van der Waals surface area contributed by atoms with Crippen LogP contribution in [0.5, 0.6) is 0 Å². The Balaban J connectivity index is 2.12. The van der Waals surface area contributed by atoms with Gasteiger partial charge in [0.1, 0.15) is 11.4 Å². The van der Waals surface area contributed by atoms with Gasteiger partial charge in [-0.1, -0.05) is 20.8 Å². The lowest BCUT2D eigenvalue weighted by Crippen LogP contribution is -2.39. The molecule has 2 aliphatic rings. The van der Waals surface area contributed by atoms with E-state index in [9.17, 15) is 4.79 Å². The van der Waals surface area contributed by atoms with Crippen LogP contribution in [0, 0.1) is 0 Å². The van der Waals surface area contributed by atoms with Crippen LogP contribution in [0.25, 0.3) is 0 Å². The van der Waals surface area contributed by atoms with E-state index in [0.717, 1.165) is 36.6 Å². The van der Waals surface area contributed by atoms with Gasteiger partial charge in [0, 0.05) is 30.6 Å². The van der Waals surface area contributed by atoms with Crippen molar-refractivity contribution in [2.24, 2.45) is 0 Å². The lowest BCUT2D eigenvalue weighted by atomic mass is 9.89. The average Bonchev–Trinajstić information content (AvgIpc) is 2.46. The highest BCUT2D eigenvalue weighted by molar-refractivity contribution is 5.97. The Morgan fingerprint density at radius 1 is 1.19 bits per heavy atom. The molecule has 1 aromatic rings. The van der Waals surface area contributed by atoms with E-state index in [4.69, 9.17) is 14.5 Å². The Morgan fingerprint density at radius 3 is 2.57 bits per heavy atom. The predicted molar refractivity (Wildman–Crippen MR) is 80.0 cm³/mol. The number of aromatic nitrogens is 1. The molecule has 0 unspecified atom stereocenters. The largest absolute Gasteiger partial charge is 0.462 e. The second kappa shape index (κ2) is 5.30. The van der Waals surface area contributed by atoms with Crippen LogP contribution in [0.3, 0.4) is 0 Å². The SMILES string of the molecule is CC(C)(C)c1cc2c(c(N3CCOCC3)n1)C(=O)OCC2. The fourth-order valence-corrected chi connectivity index (χ4v) is 2.72. The molecule has 1 fully saturated rings. The van der Waals surface area contributed by atoms with Crippen molar-refractivity contribution in [1.82, 2.24) is 4.98 Å². The normalized spacial score (nSPS) is 19.2. The Kier molecular flexibility index (Phi) is 3.61. The van der Waals surface area contributed by atoms with Crippen LogP contribution in [0.1, 0.15) is 42.4 Å². The van der Waals surface area contributed by atoms with Crippen LogP contribution in [-0.2, 0) is 21.3 Å².